The lowest BCUT2D eigenvalue weighted by atomic mass is 9.87. The van der Waals surface area contributed by atoms with Gasteiger partial charge in [-0.3, -0.25) is 4.79 Å². The monoisotopic (exact) mass is 275 g/mol. The second-order valence-electron chi connectivity index (χ2n) is 4.14. The molecule has 1 atom stereocenters. The second-order valence-corrected chi connectivity index (χ2v) is 4.88. The number of hydrogen-bond donors (Lipinski definition) is 1. The van der Waals surface area contributed by atoms with Crippen molar-refractivity contribution in [1.82, 2.24) is 10.2 Å². The van der Waals surface area contributed by atoms with E-state index in [1.165, 1.54) is 0 Å². The summed E-state index contributed by atoms with van der Waals surface area (Å²) in [5.74, 6) is -0.988. The van der Waals surface area contributed by atoms with E-state index in [4.69, 9.17) is 28.3 Å². The molecule has 1 fully saturated rings. The van der Waals surface area contributed by atoms with Crippen LogP contribution in [0.15, 0.2) is 6.07 Å². The molecule has 0 bridgehead atoms. The molecule has 2 rings (SSSR count). The lowest BCUT2D eigenvalue weighted by Crippen LogP contribution is -2.51. The zero-order valence-corrected chi connectivity index (χ0v) is 10.6. The van der Waals surface area contributed by atoms with Crippen molar-refractivity contribution in [3.8, 4) is 0 Å². The van der Waals surface area contributed by atoms with E-state index in [0.717, 1.165) is 0 Å². The maximum atomic E-state index is 10.8. The predicted octanol–water partition coefficient (Wildman–Crippen LogP) is 1.94. The zero-order valence-electron chi connectivity index (χ0n) is 9.10. The minimum absolute atomic E-state index is 0.135. The van der Waals surface area contributed by atoms with Crippen LogP contribution in [0.1, 0.15) is 6.92 Å². The Morgan fingerprint density at radius 2 is 2.18 bits per heavy atom. The minimum atomic E-state index is -0.772. The summed E-state index contributed by atoms with van der Waals surface area (Å²) in [6, 6.07) is 1.64. The quantitative estimate of drug-likeness (QED) is 0.913. The number of nitrogens with zero attached hydrogens (tertiary/aromatic N) is 3. The Morgan fingerprint density at radius 1 is 1.53 bits per heavy atom. The number of carboxylic acid groups (broad SMARTS) is 1. The van der Waals surface area contributed by atoms with Gasteiger partial charge < -0.3 is 10.0 Å². The molecule has 1 aliphatic heterocycles. The molecule has 0 aromatic carbocycles. The molecular formula is C10H11Cl2N3O2. The molecule has 1 unspecified atom stereocenters. The molecular weight excluding hydrogens is 265 g/mol. The first-order valence-electron chi connectivity index (χ1n) is 5.15. The van der Waals surface area contributed by atoms with E-state index < -0.39 is 5.97 Å². The van der Waals surface area contributed by atoms with Crippen LogP contribution in [0.5, 0.6) is 0 Å². The molecule has 0 radical (unpaired) electrons. The summed E-state index contributed by atoms with van der Waals surface area (Å²) in [4.78, 5) is 12.8. The van der Waals surface area contributed by atoms with E-state index in [9.17, 15) is 4.79 Å². The molecule has 5 nitrogen and oxygen atoms in total. The first-order chi connectivity index (χ1) is 7.99. The van der Waals surface area contributed by atoms with Gasteiger partial charge in [0, 0.05) is 25.1 Å². The summed E-state index contributed by atoms with van der Waals surface area (Å²) in [5, 5.41) is 16.8. The first kappa shape index (κ1) is 12.4. The Labute approximate surface area is 108 Å². The summed E-state index contributed by atoms with van der Waals surface area (Å²) in [5.41, 5.74) is 0.709. The van der Waals surface area contributed by atoms with Gasteiger partial charge in [0.05, 0.1) is 11.6 Å². The van der Waals surface area contributed by atoms with Crippen LogP contribution in [-0.2, 0) is 4.79 Å². The Kier molecular flexibility index (Phi) is 3.40. The fraction of sp³-hybridized carbons (Fsp3) is 0.500. The molecule has 1 aromatic rings. The van der Waals surface area contributed by atoms with Gasteiger partial charge in [0.2, 0.25) is 0 Å². The maximum Gasteiger partial charge on any atom is 0.306 e. The topological polar surface area (TPSA) is 66.3 Å². The summed E-state index contributed by atoms with van der Waals surface area (Å²) in [6.07, 6.45) is 0. The second kappa shape index (κ2) is 4.66. The van der Waals surface area contributed by atoms with E-state index in [1.807, 2.05) is 4.90 Å². The largest absolute Gasteiger partial charge is 0.481 e. The smallest absolute Gasteiger partial charge is 0.306 e. The van der Waals surface area contributed by atoms with Crippen molar-refractivity contribution in [2.45, 2.75) is 6.92 Å². The van der Waals surface area contributed by atoms with E-state index >= 15 is 0 Å². The van der Waals surface area contributed by atoms with Gasteiger partial charge in [0.25, 0.3) is 0 Å². The fourth-order valence-electron chi connectivity index (χ4n) is 1.79. The lowest BCUT2D eigenvalue weighted by Gasteiger charge is -2.42. The SMILES string of the molecule is CC(C(=O)O)C1CN(c2cc(Cl)nnc2Cl)C1. The van der Waals surface area contributed by atoms with Gasteiger partial charge >= 0.3 is 5.97 Å². The number of aliphatic carboxylic acids is 1. The van der Waals surface area contributed by atoms with E-state index in [0.29, 0.717) is 18.8 Å². The molecule has 1 aromatic heterocycles. The Morgan fingerprint density at radius 3 is 2.76 bits per heavy atom. The van der Waals surface area contributed by atoms with Crippen LogP contribution in [0.4, 0.5) is 5.69 Å². The van der Waals surface area contributed by atoms with Crippen LogP contribution in [0.2, 0.25) is 10.3 Å². The molecule has 0 saturated carbocycles. The molecule has 7 heteroatoms. The van der Waals surface area contributed by atoms with Gasteiger partial charge in [-0.05, 0) is 0 Å². The van der Waals surface area contributed by atoms with Crippen LogP contribution in [0.3, 0.4) is 0 Å². The van der Waals surface area contributed by atoms with Crippen LogP contribution in [0, 0.1) is 11.8 Å². The lowest BCUT2D eigenvalue weighted by molar-refractivity contribution is -0.143. The predicted molar refractivity (Wildman–Crippen MR) is 64.6 cm³/mol. The van der Waals surface area contributed by atoms with Crippen molar-refractivity contribution in [3.63, 3.8) is 0 Å². The Balaban J connectivity index is 2.04. The molecule has 1 N–H and O–H groups in total. The van der Waals surface area contributed by atoms with Crippen molar-refractivity contribution in [3.05, 3.63) is 16.4 Å². The first-order valence-corrected chi connectivity index (χ1v) is 5.91. The zero-order chi connectivity index (χ0) is 12.6. The van der Waals surface area contributed by atoms with Gasteiger partial charge in [-0.2, -0.15) is 0 Å². The fourth-order valence-corrected chi connectivity index (χ4v) is 2.15. The van der Waals surface area contributed by atoms with Gasteiger partial charge in [-0.15, -0.1) is 10.2 Å². The van der Waals surface area contributed by atoms with Crippen molar-refractivity contribution in [2.24, 2.45) is 11.8 Å². The van der Waals surface area contributed by atoms with Crippen molar-refractivity contribution < 1.29 is 9.90 Å². The summed E-state index contributed by atoms with van der Waals surface area (Å²) < 4.78 is 0. The molecule has 1 saturated heterocycles. The molecule has 0 amide bonds. The average molecular weight is 276 g/mol. The molecule has 17 heavy (non-hydrogen) atoms. The average Bonchev–Trinajstić information content (AvgIpc) is 2.20. The highest BCUT2D eigenvalue weighted by atomic mass is 35.5. The number of carboxylic acids is 1. The van der Waals surface area contributed by atoms with E-state index in [2.05, 4.69) is 10.2 Å². The van der Waals surface area contributed by atoms with Crippen molar-refractivity contribution in [1.29, 1.82) is 0 Å². The number of aromatic nitrogens is 2. The Hall–Kier alpha value is -1.07. The highest BCUT2D eigenvalue weighted by molar-refractivity contribution is 6.33. The number of rotatable bonds is 3. The molecule has 92 valence electrons. The van der Waals surface area contributed by atoms with Crippen molar-refractivity contribution in [2.75, 3.05) is 18.0 Å². The molecule has 1 aliphatic rings. The van der Waals surface area contributed by atoms with E-state index in [-0.39, 0.29) is 22.1 Å². The van der Waals surface area contributed by atoms with E-state index in [1.54, 1.807) is 13.0 Å². The molecule has 0 aliphatic carbocycles. The minimum Gasteiger partial charge on any atom is -0.481 e. The van der Waals surface area contributed by atoms with Gasteiger partial charge in [0.1, 0.15) is 0 Å². The maximum absolute atomic E-state index is 10.8. The number of hydrogen-bond acceptors (Lipinski definition) is 4. The highest BCUT2D eigenvalue weighted by Crippen LogP contribution is 2.33. The van der Waals surface area contributed by atoms with Crippen molar-refractivity contribution >= 4 is 34.9 Å². The normalized spacial score (nSPS) is 17.7. The molecule has 0 spiro atoms. The summed E-state index contributed by atoms with van der Waals surface area (Å²) >= 11 is 11.6. The van der Waals surface area contributed by atoms with Crippen LogP contribution >= 0.6 is 23.2 Å². The summed E-state index contributed by atoms with van der Waals surface area (Å²) in [6.45, 7) is 3.01. The Bertz CT molecular complexity index is 449. The number of anilines is 1. The standard InChI is InChI=1S/C10H11Cl2N3O2/c1-5(10(16)17)6-3-15(4-6)7-2-8(11)13-14-9(7)12/h2,5-6H,3-4H2,1H3,(H,16,17). The highest BCUT2D eigenvalue weighted by Gasteiger charge is 2.35. The third-order valence-electron chi connectivity index (χ3n) is 3.05. The van der Waals surface area contributed by atoms with Crippen LogP contribution in [-0.4, -0.2) is 34.4 Å². The summed E-state index contributed by atoms with van der Waals surface area (Å²) in [7, 11) is 0. The van der Waals surface area contributed by atoms with Crippen LogP contribution < -0.4 is 4.90 Å². The number of halogens is 2. The van der Waals surface area contributed by atoms with Gasteiger partial charge in [0.15, 0.2) is 10.3 Å². The molecule has 2 heterocycles. The van der Waals surface area contributed by atoms with Crippen LogP contribution in [0.25, 0.3) is 0 Å². The third kappa shape index (κ3) is 2.45. The van der Waals surface area contributed by atoms with Gasteiger partial charge in [-0.1, -0.05) is 30.1 Å². The third-order valence-corrected chi connectivity index (χ3v) is 3.50. The number of carbonyl (C=O) groups is 1. The van der Waals surface area contributed by atoms with Gasteiger partial charge in [-0.25, -0.2) is 0 Å².